The Hall–Kier alpha value is -2.37. The Morgan fingerprint density at radius 2 is 2.26 bits per heavy atom. The first-order chi connectivity index (χ1) is 9.22. The predicted octanol–water partition coefficient (Wildman–Crippen LogP) is 0.998. The number of fused-ring (bicyclic) bond motifs is 1. The van der Waals surface area contributed by atoms with Gasteiger partial charge < -0.3 is 15.0 Å². The van der Waals surface area contributed by atoms with E-state index in [1.807, 2.05) is 0 Å². The molecule has 1 aromatic carbocycles. The monoisotopic (exact) mass is 259 g/mol. The van der Waals surface area contributed by atoms with Crippen molar-refractivity contribution in [3.63, 3.8) is 0 Å². The molecule has 2 N–H and O–H groups in total. The Morgan fingerprint density at radius 3 is 3.05 bits per heavy atom. The van der Waals surface area contributed by atoms with E-state index in [0.717, 1.165) is 23.9 Å². The van der Waals surface area contributed by atoms with E-state index in [1.54, 1.807) is 24.5 Å². The molecule has 1 aliphatic carbocycles. The maximum Gasteiger partial charge on any atom is 0.338 e. The number of nitrogens with zero attached hydrogens (tertiary/aromatic N) is 1. The van der Waals surface area contributed by atoms with E-state index in [1.165, 1.54) is 0 Å². The number of carbonyl (C=O) groups excluding carboxylic acids is 2. The third kappa shape index (κ3) is 2.73. The molecule has 2 aromatic rings. The van der Waals surface area contributed by atoms with Gasteiger partial charge in [-0.25, -0.2) is 9.78 Å². The minimum atomic E-state index is -0.512. The lowest BCUT2D eigenvalue weighted by molar-refractivity contribution is -0.124. The highest BCUT2D eigenvalue weighted by atomic mass is 16.5. The van der Waals surface area contributed by atoms with E-state index in [4.69, 9.17) is 4.74 Å². The molecule has 0 unspecified atom stereocenters. The van der Waals surface area contributed by atoms with Crippen LogP contribution in [0.25, 0.3) is 11.0 Å². The van der Waals surface area contributed by atoms with Crippen LogP contribution in [-0.2, 0) is 9.53 Å². The molecule has 1 fully saturated rings. The van der Waals surface area contributed by atoms with Crippen molar-refractivity contribution in [1.29, 1.82) is 0 Å². The van der Waals surface area contributed by atoms with Crippen LogP contribution < -0.4 is 5.32 Å². The minimum absolute atomic E-state index is 0.240. The summed E-state index contributed by atoms with van der Waals surface area (Å²) in [7, 11) is 0. The zero-order valence-electron chi connectivity index (χ0n) is 10.2. The standard InChI is InChI=1S/C13H13N3O3/c17-12(16-9-2-3-9)6-19-13(18)8-1-4-10-11(5-8)15-7-14-10/h1,4-5,7,9H,2-3,6H2,(H,14,15)(H,16,17). The number of aromatic nitrogens is 2. The molecule has 1 aliphatic rings. The smallest absolute Gasteiger partial charge is 0.338 e. The number of amides is 1. The van der Waals surface area contributed by atoms with Crippen molar-refractivity contribution in [2.45, 2.75) is 18.9 Å². The molecule has 1 heterocycles. The van der Waals surface area contributed by atoms with E-state index < -0.39 is 5.97 Å². The molecule has 1 aromatic heterocycles. The summed E-state index contributed by atoms with van der Waals surface area (Å²) in [4.78, 5) is 30.2. The second-order valence-electron chi connectivity index (χ2n) is 4.55. The highest BCUT2D eigenvalue weighted by Gasteiger charge is 2.23. The lowest BCUT2D eigenvalue weighted by Crippen LogP contribution is -2.30. The number of benzene rings is 1. The maximum absolute atomic E-state index is 11.8. The highest BCUT2D eigenvalue weighted by Crippen LogP contribution is 2.18. The molecule has 0 radical (unpaired) electrons. The zero-order chi connectivity index (χ0) is 13.2. The van der Waals surface area contributed by atoms with E-state index in [9.17, 15) is 9.59 Å². The van der Waals surface area contributed by atoms with E-state index >= 15 is 0 Å². The molecule has 0 aliphatic heterocycles. The summed E-state index contributed by atoms with van der Waals surface area (Å²) in [5.41, 5.74) is 1.94. The van der Waals surface area contributed by atoms with Crippen LogP contribution in [0.4, 0.5) is 0 Å². The average molecular weight is 259 g/mol. The summed E-state index contributed by atoms with van der Waals surface area (Å²) in [5, 5.41) is 2.75. The number of ether oxygens (including phenoxy) is 1. The summed E-state index contributed by atoms with van der Waals surface area (Å²) in [5.74, 6) is -0.763. The Balaban J connectivity index is 1.60. The molecule has 19 heavy (non-hydrogen) atoms. The fraction of sp³-hybridized carbons (Fsp3) is 0.308. The normalized spacial score (nSPS) is 14.3. The number of H-pyrrole nitrogens is 1. The lowest BCUT2D eigenvalue weighted by atomic mass is 10.2. The van der Waals surface area contributed by atoms with Gasteiger partial charge in [-0.2, -0.15) is 0 Å². The van der Waals surface area contributed by atoms with E-state index in [0.29, 0.717) is 5.56 Å². The first-order valence-corrected chi connectivity index (χ1v) is 6.12. The molecule has 6 heteroatoms. The Morgan fingerprint density at radius 1 is 1.42 bits per heavy atom. The Kier molecular flexibility index (Phi) is 2.91. The van der Waals surface area contributed by atoms with Gasteiger partial charge in [0.2, 0.25) is 0 Å². The fourth-order valence-electron chi connectivity index (χ4n) is 1.77. The zero-order valence-corrected chi connectivity index (χ0v) is 10.2. The molecule has 3 rings (SSSR count). The molecule has 0 spiro atoms. The third-order valence-corrected chi connectivity index (χ3v) is 2.93. The number of nitrogens with one attached hydrogen (secondary N) is 2. The van der Waals surface area contributed by atoms with Crippen molar-refractivity contribution in [3.8, 4) is 0 Å². The molecule has 1 saturated carbocycles. The van der Waals surface area contributed by atoms with Crippen molar-refractivity contribution < 1.29 is 14.3 Å². The van der Waals surface area contributed by atoms with Crippen LogP contribution >= 0.6 is 0 Å². The Bertz CT molecular complexity index is 631. The quantitative estimate of drug-likeness (QED) is 0.802. The topological polar surface area (TPSA) is 84.1 Å². The average Bonchev–Trinajstić information content (AvgIpc) is 3.09. The second kappa shape index (κ2) is 4.72. The van der Waals surface area contributed by atoms with Gasteiger partial charge in [-0.1, -0.05) is 0 Å². The van der Waals surface area contributed by atoms with Gasteiger partial charge in [0.25, 0.3) is 5.91 Å². The van der Waals surface area contributed by atoms with Crippen molar-refractivity contribution in [3.05, 3.63) is 30.1 Å². The summed E-state index contributed by atoms with van der Waals surface area (Å²) >= 11 is 0. The third-order valence-electron chi connectivity index (χ3n) is 2.93. The summed E-state index contributed by atoms with van der Waals surface area (Å²) in [6.45, 7) is -0.240. The number of rotatable bonds is 4. The summed E-state index contributed by atoms with van der Waals surface area (Å²) in [6, 6.07) is 5.29. The summed E-state index contributed by atoms with van der Waals surface area (Å²) in [6.07, 6.45) is 3.58. The predicted molar refractivity (Wildman–Crippen MR) is 67.5 cm³/mol. The number of esters is 1. The molecule has 6 nitrogen and oxygen atoms in total. The van der Waals surface area contributed by atoms with Gasteiger partial charge in [0.1, 0.15) is 0 Å². The molecular formula is C13H13N3O3. The minimum Gasteiger partial charge on any atom is -0.452 e. The van der Waals surface area contributed by atoms with Crippen molar-refractivity contribution in [1.82, 2.24) is 15.3 Å². The van der Waals surface area contributed by atoms with Gasteiger partial charge >= 0.3 is 5.97 Å². The molecule has 0 atom stereocenters. The van der Waals surface area contributed by atoms with Crippen LogP contribution in [0.5, 0.6) is 0 Å². The van der Waals surface area contributed by atoms with E-state index in [2.05, 4.69) is 15.3 Å². The number of imidazole rings is 1. The van der Waals surface area contributed by atoms with Crippen LogP contribution in [0.1, 0.15) is 23.2 Å². The van der Waals surface area contributed by atoms with Crippen molar-refractivity contribution in [2.24, 2.45) is 0 Å². The summed E-state index contributed by atoms with van der Waals surface area (Å²) < 4.78 is 4.96. The van der Waals surface area contributed by atoms with Gasteiger partial charge in [-0.05, 0) is 31.0 Å². The van der Waals surface area contributed by atoms with Crippen LogP contribution in [0.15, 0.2) is 24.5 Å². The van der Waals surface area contributed by atoms with Crippen molar-refractivity contribution >= 4 is 22.9 Å². The van der Waals surface area contributed by atoms with Crippen LogP contribution in [0, 0.1) is 0 Å². The van der Waals surface area contributed by atoms with Gasteiger partial charge in [-0.3, -0.25) is 4.79 Å². The molecule has 0 saturated heterocycles. The SMILES string of the molecule is O=C(COC(=O)c1ccc2nc[nH]c2c1)NC1CC1. The first-order valence-electron chi connectivity index (χ1n) is 6.12. The fourth-order valence-corrected chi connectivity index (χ4v) is 1.77. The van der Waals surface area contributed by atoms with Gasteiger partial charge in [0.15, 0.2) is 6.61 Å². The first kappa shape index (κ1) is 11.7. The van der Waals surface area contributed by atoms with Gasteiger partial charge in [0.05, 0.1) is 22.9 Å². The van der Waals surface area contributed by atoms with Crippen LogP contribution in [0.2, 0.25) is 0 Å². The molecule has 0 bridgehead atoms. The van der Waals surface area contributed by atoms with Gasteiger partial charge in [-0.15, -0.1) is 0 Å². The number of carbonyl (C=O) groups is 2. The van der Waals surface area contributed by atoms with Crippen LogP contribution in [-0.4, -0.2) is 34.5 Å². The van der Waals surface area contributed by atoms with Crippen LogP contribution in [0.3, 0.4) is 0 Å². The number of aromatic amines is 1. The molecule has 1 amide bonds. The highest BCUT2D eigenvalue weighted by molar-refractivity contribution is 5.94. The van der Waals surface area contributed by atoms with Gasteiger partial charge in [0, 0.05) is 6.04 Å². The maximum atomic E-state index is 11.8. The second-order valence-corrected chi connectivity index (χ2v) is 4.55. The molecular weight excluding hydrogens is 246 g/mol. The number of hydrogen-bond acceptors (Lipinski definition) is 4. The van der Waals surface area contributed by atoms with E-state index in [-0.39, 0.29) is 18.6 Å². The number of hydrogen-bond donors (Lipinski definition) is 2. The Labute approximate surface area is 109 Å². The molecule has 98 valence electrons. The lowest BCUT2D eigenvalue weighted by Gasteiger charge is -2.05. The largest absolute Gasteiger partial charge is 0.452 e. The van der Waals surface area contributed by atoms with Crippen molar-refractivity contribution in [2.75, 3.05) is 6.61 Å².